The number of aryl methyl sites for hydroxylation is 4. The molecule has 0 heterocycles. The number of anilines is 9. The molecule has 0 amide bonds. The molecule has 276 valence electrons. The van der Waals surface area contributed by atoms with Crippen molar-refractivity contribution in [3.63, 3.8) is 0 Å². The lowest BCUT2D eigenvalue weighted by Crippen LogP contribution is -2.14. The molecule has 57 heavy (non-hydrogen) atoms. The van der Waals surface area contributed by atoms with E-state index in [9.17, 15) is 0 Å². The largest absolute Gasteiger partial charge is 0.310 e. The Morgan fingerprint density at radius 3 is 0.649 bits per heavy atom. The molecule has 3 heteroatoms. The van der Waals surface area contributed by atoms with Gasteiger partial charge in [0, 0.05) is 50.0 Å². The Hall–Kier alpha value is -7.10. The van der Waals surface area contributed by atoms with Gasteiger partial charge < -0.3 is 14.7 Å². The third-order valence-corrected chi connectivity index (χ3v) is 10.7. The van der Waals surface area contributed by atoms with E-state index < -0.39 is 0 Å². The van der Waals surface area contributed by atoms with Gasteiger partial charge in [0.1, 0.15) is 0 Å². The minimum Gasteiger partial charge on any atom is -0.310 e. The van der Waals surface area contributed by atoms with Crippen molar-refractivity contribution < 1.29 is 0 Å². The summed E-state index contributed by atoms with van der Waals surface area (Å²) in [4.78, 5) is 7.28. The van der Waals surface area contributed by atoms with E-state index in [4.69, 9.17) is 0 Å². The first-order valence-corrected chi connectivity index (χ1v) is 19.7. The first-order chi connectivity index (χ1) is 27.9. The fourth-order valence-corrected chi connectivity index (χ4v) is 8.30. The van der Waals surface area contributed by atoms with E-state index in [1.807, 2.05) is 0 Å². The van der Waals surface area contributed by atoms with Crippen LogP contribution in [0.4, 0.5) is 51.2 Å². The molecule has 9 aromatic rings. The zero-order chi connectivity index (χ0) is 38.9. The average molecular weight is 736 g/mol. The van der Waals surface area contributed by atoms with Crippen molar-refractivity contribution in [1.29, 1.82) is 0 Å². The minimum absolute atomic E-state index is 1.10. The van der Waals surface area contributed by atoms with Gasteiger partial charge in [-0.15, -0.1) is 0 Å². The summed E-state index contributed by atoms with van der Waals surface area (Å²) in [5.74, 6) is 0. The van der Waals surface area contributed by atoms with E-state index in [2.05, 4.69) is 243 Å². The summed E-state index contributed by atoms with van der Waals surface area (Å²) >= 11 is 0. The second-order valence-corrected chi connectivity index (χ2v) is 15.0. The maximum atomic E-state index is 2.49. The summed E-state index contributed by atoms with van der Waals surface area (Å²) in [7, 11) is 0. The summed E-state index contributed by atoms with van der Waals surface area (Å²) in [6, 6.07) is 72.5. The van der Waals surface area contributed by atoms with Crippen LogP contribution >= 0.6 is 0 Å². The molecule has 0 saturated heterocycles. The van der Waals surface area contributed by atoms with Gasteiger partial charge in [-0.3, -0.25) is 0 Å². The van der Waals surface area contributed by atoms with Crippen LogP contribution in [0.2, 0.25) is 0 Å². The Labute approximate surface area is 336 Å². The highest BCUT2D eigenvalue weighted by atomic mass is 15.2. The highest BCUT2D eigenvalue weighted by Crippen LogP contribution is 2.49. The minimum atomic E-state index is 1.10. The summed E-state index contributed by atoms with van der Waals surface area (Å²) in [5, 5.41) is 4.76. The molecule has 0 radical (unpaired) electrons. The molecule has 0 bridgehead atoms. The van der Waals surface area contributed by atoms with E-state index in [1.165, 1.54) is 43.8 Å². The molecule has 0 fully saturated rings. The molecule has 0 unspecified atom stereocenters. The monoisotopic (exact) mass is 735 g/mol. The number of hydrogen-bond acceptors (Lipinski definition) is 3. The van der Waals surface area contributed by atoms with Crippen molar-refractivity contribution in [3.8, 4) is 0 Å². The number of hydrogen-bond donors (Lipinski definition) is 0. The van der Waals surface area contributed by atoms with Crippen molar-refractivity contribution in [2.75, 3.05) is 14.7 Å². The quantitative estimate of drug-likeness (QED) is 0.146. The average Bonchev–Trinajstić information content (AvgIpc) is 3.24. The van der Waals surface area contributed by atoms with Gasteiger partial charge in [-0.2, -0.15) is 0 Å². The van der Waals surface area contributed by atoms with Crippen LogP contribution in [0.25, 0.3) is 21.5 Å². The van der Waals surface area contributed by atoms with Gasteiger partial charge in [0.2, 0.25) is 0 Å². The number of rotatable bonds is 9. The first kappa shape index (κ1) is 35.6. The standard InChI is InChI=1S/C54H45N3/c1-38-32-49-47(51(34-38)55(42-20-10-5-11-21-42)43-22-12-6-13-23-43)30-40(3)36-53(49)57(46-28-18-9-19-29-46)54-37-41(4)31-48-50(54)33-39(2)35-52(48)56(44-24-14-7-15-25-44)45-26-16-8-17-27-45/h5-37H,1-4H3. The van der Waals surface area contributed by atoms with Crippen LogP contribution in [0, 0.1) is 27.7 Å². The zero-order valence-corrected chi connectivity index (χ0v) is 32.9. The normalized spacial score (nSPS) is 11.2. The molecule has 0 spiro atoms. The maximum absolute atomic E-state index is 2.49. The van der Waals surface area contributed by atoms with Gasteiger partial charge >= 0.3 is 0 Å². The molecule has 0 N–H and O–H groups in total. The molecule has 0 aliphatic heterocycles. The fraction of sp³-hybridized carbons (Fsp3) is 0.0741. The second-order valence-electron chi connectivity index (χ2n) is 15.0. The van der Waals surface area contributed by atoms with Crippen molar-refractivity contribution in [2.24, 2.45) is 0 Å². The second kappa shape index (κ2) is 15.2. The van der Waals surface area contributed by atoms with E-state index in [-0.39, 0.29) is 0 Å². The SMILES string of the molecule is Cc1cc(N(c2ccccc2)c2cc(C)cc3c(N(c4ccccc4)c4ccccc4)cc(C)cc23)c2cc(C)cc(N(c3ccccc3)c3ccccc3)c2c1. The Kier molecular flexibility index (Phi) is 9.49. The number of nitrogens with zero attached hydrogens (tertiary/aromatic N) is 3. The molecule has 0 aliphatic rings. The van der Waals surface area contributed by atoms with Crippen LogP contribution in [0.1, 0.15) is 22.3 Å². The molecule has 0 aromatic heterocycles. The van der Waals surface area contributed by atoms with Gasteiger partial charge in [0.15, 0.2) is 0 Å². The van der Waals surface area contributed by atoms with Gasteiger partial charge in [-0.05, 0) is 159 Å². The predicted molar refractivity (Wildman–Crippen MR) is 244 cm³/mol. The van der Waals surface area contributed by atoms with Crippen LogP contribution in [0.15, 0.2) is 200 Å². The van der Waals surface area contributed by atoms with E-state index >= 15 is 0 Å². The highest BCUT2D eigenvalue weighted by Gasteiger charge is 2.24. The lowest BCUT2D eigenvalue weighted by molar-refractivity contribution is 1.26. The summed E-state index contributed by atoms with van der Waals surface area (Å²) in [6.07, 6.45) is 0. The van der Waals surface area contributed by atoms with Gasteiger partial charge in [-0.1, -0.05) is 91.0 Å². The number of para-hydroxylation sites is 5. The molecule has 3 nitrogen and oxygen atoms in total. The van der Waals surface area contributed by atoms with Crippen LogP contribution in [0.3, 0.4) is 0 Å². The topological polar surface area (TPSA) is 9.72 Å². The summed E-state index contributed by atoms with van der Waals surface area (Å²) in [5.41, 5.74) is 14.9. The number of fused-ring (bicyclic) bond motifs is 2. The van der Waals surface area contributed by atoms with Gasteiger partial charge in [-0.25, -0.2) is 0 Å². The van der Waals surface area contributed by atoms with Crippen LogP contribution in [0.5, 0.6) is 0 Å². The lowest BCUT2D eigenvalue weighted by atomic mass is 9.96. The summed E-state index contributed by atoms with van der Waals surface area (Å²) in [6.45, 7) is 8.87. The zero-order valence-electron chi connectivity index (χ0n) is 32.9. The van der Waals surface area contributed by atoms with Crippen LogP contribution in [-0.2, 0) is 0 Å². The predicted octanol–water partition coefficient (Wildman–Crippen LogP) is 15.6. The molecule has 0 atom stereocenters. The van der Waals surface area contributed by atoms with E-state index in [1.54, 1.807) is 0 Å². The van der Waals surface area contributed by atoms with Gasteiger partial charge in [0.05, 0.1) is 22.7 Å². The molecule has 9 aromatic carbocycles. The third-order valence-electron chi connectivity index (χ3n) is 10.7. The Morgan fingerprint density at radius 2 is 0.421 bits per heavy atom. The van der Waals surface area contributed by atoms with Crippen molar-refractivity contribution in [1.82, 2.24) is 0 Å². The fourth-order valence-electron chi connectivity index (χ4n) is 8.30. The van der Waals surface area contributed by atoms with E-state index in [0.29, 0.717) is 0 Å². The van der Waals surface area contributed by atoms with Crippen molar-refractivity contribution in [3.05, 3.63) is 222 Å². The highest BCUT2D eigenvalue weighted by molar-refractivity contribution is 6.12. The maximum Gasteiger partial charge on any atom is 0.0543 e. The molecule has 0 saturated carbocycles. The van der Waals surface area contributed by atoms with E-state index in [0.717, 1.165) is 51.2 Å². The van der Waals surface area contributed by atoms with Crippen molar-refractivity contribution >= 4 is 72.7 Å². The molecule has 0 aliphatic carbocycles. The Morgan fingerprint density at radius 1 is 0.228 bits per heavy atom. The van der Waals surface area contributed by atoms with Crippen molar-refractivity contribution in [2.45, 2.75) is 27.7 Å². The van der Waals surface area contributed by atoms with Gasteiger partial charge in [0.25, 0.3) is 0 Å². The van der Waals surface area contributed by atoms with Crippen LogP contribution in [-0.4, -0.2) is 0 Å². The summed E-state index contributed by atoms with van der Waals surface area (Å²) < 4.78 is 0. The Bertz CT molecular complexity index is 2560. The first-order valence-electron chi connectivity index (χ1n) is 19.7. The smallest absolute Gasteiger partial charge is 0.0543 e. The molecular formula is C54H45N3. The molecular weight excluding hydrogens is 691 g/mol. The Balaban J connectivity index is 1.34. The lowest BCUT2D eigenvalue weighted by Gasteiger charge is -2.32. The third kappa shape index (κ3) is 6.89. The van der Waals surface area contributed by atoms with Crippen LogP contribution < -0.4 is 14.7 Å². The molecule has 9 rings (SSSR count). The number of benzene rings is 9.